The van der Waals surface area contributed by atoms with Crippen molar-refractivity contribution < 1.29 is 9.84 Å². The highest BCUT2D eigenvalue weighted by Gasteiger charge is 2.22. The molecule has 0 saturated carbocycles. The zero-order valence-corrected chi connectivity index (χ0v) is 13.3. The van der Waals surface area contributed by atoms with Gasteiger partial charge in [-0.3, -0.25) is 0 Å². The third-order valence-electron chi connectivity index (χ3n) is 4.74. The summed E-state index contributed by atoms with van der Waals surface area (Å²) >= 11 is 0. The molecule has 0 spiro atoms. The van der Waals surface area contributed by atoms with Gasteiger partial charge in [-0.05, 0) is 62.6 Å². The summed E-state index contributed by atoms with van der Waals surface area (Å²) in [4.78, 5) is 0. The lowest BCUT2D eigenvalue weighted by molar-refractivity contribution is 0.000430. The van der Waals surface area contributed by atoms with Gasteiger partial charge in [0.05, 0.1) is 12.2 Å². The van der Waals surface area contributed by atoms with Crippen LogP contribution >= 0.6 is 0 Å². The van der Waals surface area contributed by atoms with Gasteiger partial charge < -0.3 is 15.6 Å². The van der Waals surface area contributed by atoms with Crippen LogP contribution in [0.5, 0.6) is 0 Å². The lowest BCUT2D eigenvalue weighted by Gasteiger charge is -2.26. The minimum Gasteiger partial charge on any atom is -0.392 e. The van der Waals surface area contributed by atoms with E-state index in [1.54, 1.807) is 0 Å². The molecular weight excluding hydrogens is 262 g/mol. The van der Waals surface area contributed by atoms with Gasteiger partial charge in [-0.25, -0.2) is 0 Å². The predicted molar refractivity (Wildman–Crippen MR) is 86.5 cm³/mol. The quantitative estimate of drug-likeness (QED) is 0.847. The van der Waals surface area contributed by atoms with Gasteiger partial charge in [0.1, 0.15) is 0 Å². The Morgan fingerprint density at radius 2 is 2.10 bits per heavy atom. The highest BCUT2D eigenvalue weighted by atomic mass is 16.5. The highest BCUT2D eigenvalue weighted by molar-refractivity contribution is 5.32. The van der Waals surface area contributed by atoms with Crippen molar-refractivity contribution in [3.8, 4) is 0 Å². The van der Waals surface area contributed by atoms with E-state index in [2.05, 4.69) is 32.0 Å². The lowest BCUT2D eigenvalue weighted by atomic mass is 9.88. The standard InChI is InChI=1S/C18H29NO2/c1-13-6-7-15(11-14(13)2)17(12-19)18(20)9-8-16-5-3-4-10-21-16/h6-7,11,16-18,20H,3-5,8-10,12,19H2,1-2H3. The minimum absolute atomic E-state index is 0.0212. The maximum Gasteiger partial charge on any atom is 0.0621 e. The summed E-state index contributed by atoms with van der Waals surface area (Å²) in [5.41, 5.74) is 9.60. The van der Waals surface area contributed by atoms with E-state index in [9.17, 15) is 5.11 Å². The van der Waals surface area contributed by atoms with E-state index in [1.807, 2.05) is 0 Å². The summed E-state index contributed by atoms with van der Waals surface area (Å²) in [7, 11) is 0. The van der Waals surface area contributed by atoms with Gasteiger partial charge in [-0.15, -0.1) is 0 Å². The van der Waals surface area contributed by atoms with Crippen molar-refractivity contribution in [3.05, 3.63) is 34.9 Å². The van der Waals surface area contributed by atoms with Crippen molar-refractivity contribution in [2.75, 3.05) is 13.2 Å². The molecule has 118 valence electrons. The topological polar surface area (TPSA) is 55.5 Å². The molecular formula is C18H29NO2. The Bertz CT molecular complexity index is 441. The van der Waals surface area contributed by atoms with E-state index < -0.39 is 0 Å². The summed E-state index contributed by atoms with van der Waals surface area (Å²) in [6.07, 6.45) is 5.19. The number of ether oxygens (including phenoxy) is 1. The summed E-state index contributed by atoms with van der Waals surface area (Å²) in [5, 5.41) is 10.5. The Morgan fingerprint density at radius 3 is 2.71 bits per heavy atom. The van der Waals surface area contributed by atoms with Gasteiger partial charge in [0.25, 0.3) is 0 Å². The van der Waals surface area contributed by atoms with Crippen LogP contribution in [0, 0.1) is 13.8 Å². The lowest BCUT2D eigenvalue weighted by Crippen LogP contribution is -2.28. The second-order valence-corrected chi connectivity index (χ2v) is 6.32. The molecule has 1 saturated heterocycles. The van der Waals surface area contributed by atoms with E-state index in [0.29, 0.717) is 12.6 Å². The van der Waals surface area contributed by atoms with Crippen molar-refractivity contribution in [2.24, 2.45) is 5.73 Å². The zero-order chi connectivity index (χ0) is 15.2. The number of nitrogens with two attached hydrogens (primary N) is 1. The molecule has 0 aromatic heterocycles. The van der Waals surface area contributed by atoms with Crippen LogP contribution < -0.4 is 5.73 Å². The van der Waals surface area contributed by atoms with Crippen LogP contribution in [0.1, 0.15) is 54.7 Å². The normalized spacial score (nSPS) is 22.0. The van der Waals surface area contributed by atoms with Crippen molar-refractivity contribution in [1.29, 1.82) is 0 Å². The number of aliphatic hydroxyl groups is 1. The van der Waals surface area contributed by atoms with Gasteiger partial charge in [0, 0.05) is 19.1 Å². The molecule has 0 amide bonds. The third-order valence-corrected chi connectivity index (χ3v) is 4.74. The van der Waals surface area contributed by atoms with Crippen molar-refractivity contribution in [2.45, 2.75) is 64.1 Å². The molecule has 1 fully saturated rings. The van der Waals surface area contributed by atoms with Crippen LogP contribution in [0.15, 0.2) is 18.2 Å². The Morgan fingerprint density at radius 1 is 1.29 bits per heavy atom. The van der Waals surface area contributed by atoms with Gasteiger partial charge in [-0.2, -0.15) is 0 Å². The fraction of sp³-hybridized carbons (Fsp3) is 0.667. The minimum atomic E-state index is -0.386. The van der Waals surface area contributed by atoms with E-state index in [4.69, 9.17) is 10.5 Å². The fourth-order valence-corrected chi connectivity index (χ4v) is 3.10. The maximum absolute atomic E-state index is 10.5. The number of benzene rings is 1. The molecule has 3 heteroatoms. The Kier molecular flexibility index (Phi) is 6.22. The van der Waals surface area contributed by atoms with E-state index >= 15 is 0 Å². The van der Waals surface area contributed by atoms with Crippen LogP contribution in [0.2, 0.25) is 0 Å². The van der Waals surface area contributed by atoms with Gasteiger partial charge in [0.15, 0.2) is 0 Å². The number of aryl methyl sites for hydroxylation is 2. The first-order valence-electron chi connectivity index (χ1n) is 8.18. The predicted octanol–water partition coefficient (Wildman–Crippen LogP) is 3.06. The van der Waals surface area contributed by atoms with E-state index in [-0.39, 0.29) is 12.0 Å². The van der Waals surface area contributed by atoms with Gasteiger partial charge >= 0.3 is 0 Å². The molecule has 3 N–H and O–H groups in total. The summed E-state index contributed by atoms with van der Waals surface area (Å²) in [6.45, 7) is 5.56. The SMILES string of the molecule is Cc1ccc(C(CN)C(O)CCC2CCCCO2)cc1C. The monoisotopic (exact) mass is 291 g/mol. The molecule has 0 radical (unpaired) electrons. The fourth-order valence-electron chi connectivity index (χ4n) is 3.10. The van der Waals surface area contributed by atoms with Crippen molar-refractivity contribution >= 4 is 0 Å². The first-order valence-corrected chi connectivity index (χ1v) is 8.18. The van der Waals surface area contributed by atoms with Crippen LogP contribution in [0.4, 0.5) is 0 Å². The van der Waals surface area contributed by atoms with Crippen LogP contribution in [0.3, 0.4) is 0 Å². The van der Waals surface area contributed by atoms with Crippen molar-refractivity contribution in [1.82, 2.24) is 0 Å². The molecule has 3 atom stereocenters. The second-order valence-electron chi connectivity index (χ2n) is 6.32. The molecule has 0 aliphatic carbocycles. The van der Waals surface area contributed by atoms with E-state index in [1.165, 1.54) is 24.0 Å². The average Bonchev–Trinajstić information content (AvgIpc) is 2.50. The molecule has 0 bridgehead atoms. The van der Waals surface area contributed by atoms with Crippen LogP contribution in [0.25, 0.3) is 0 Å². The molecule has 3 nitrogen and oxygen atoms in total. The van der Waals surface area contributed by atoms with Gasteiger partial charge in [-0.1, -0.05) is 18.2 Å². The summed E-state index contributed by atoms with van der Waals surface area (Å²) in [5.74, 6) is 0.0212. The maximum atomic E-state index is 10.5. The molecule has 1 heterocycles. The average molecular weight is 291 g/mol. The Balaban J connectivity index is 1.93. The third kappa shape index (κ3) is 4.53. The molecule has 3 unspecified atom stereocenters. The van der Waals surface area contributed by atoms with Crippen LogP contribution in [-0.2, 0) is 4.74 Å². The first-order chi connectivity index (χ1) is 10.1. The Hall–Kier alpha value is -0.900. The number of hydrogen-bond donors (Lipinski definition) is 2. The number of hydrogen-bond acceptors (Lipinski definition) is 3. The summed E-state index contributed by atoms with van der Waals surface area (Å²) < 4.78 is 5.74. The molecule has 2 rings (SSSR count). The van der Waals surface area contributed by atoms with Gasteiger partial charge in [0.2, 0.25) is 0 Å². The summed E-state index contributed by atoms with van der Waals surface area (Å²) in [6, 6.07) is 6.37. The molecule has 1 aliphatic heterocycles. The number of aliphatic hydroxyl groups excluding tert-OH is 1. The zero-order valence-electron chi connectivity index (χ0n) is 13.3. The molecule has 1 aliphatic rings. The molecule has 1 aromatic rings. The number of rotatable bonds is 6. The smallest absolute Gasteiger partial charge is 0.0621 e. The highest BCUT2D eigenvalue weighted by Crippen LogP contribution is 2.26. The molecule has 1 aromatic carbocycles. The van der Waals surface area contributed by atoms with Crippen LogP contribution in [-0.4, -0.2) is 30.5 Å². The van der Waals surface area contributed by atoms with E-state index in [0.717, 1.165) is 31.4 Å². The largest absolute Gasteiger partial charge is 0.392 e. The van der Waals surface area contributed by atoms with Crippen molar-refractivity contribution in [3.63, 3.8) is 0 Å². The first kappa shape index (κ1) is 16.5. The second kappa shape index (κ2) is 7.92. The Labute approximate surface area is 128 Å². The molecule has 21 heavy (non-hydrogen) atoms.